The predicted molar refractivity (Wildman–Crippen MR) is 127 cm³/mol. The predicted octanol–water partition coefficient (Wildman–Crippen LogP) is 5.63. The Morgan fingerprint density at radius 3 is 2.35 bits per heavy atom. The molecule has 0 aliphatic carbocycles. The summed E-state index contributed by atoms with van der Waals surface area (Å²) in [7, 11) is -3.73. The maximum atomic E-state index is 12.9. The number of nitrogens with one attached hydrogen (secondary N) is 1. The zero-order chi connectivity index (χ0) is 22.2. The maximum absolute atomic E-state index is 12.9. The molecule has 3 aromatic carbocycles. The van der Waals surface area contributed by atoms with Gasteiger partial charge in [0.25, 0.3) is 5.91 Å². The normalized spacial score (nSPS) is 14.9. The number of carbonyl (C=O) groups is 1. The monoisotopic (exact) mass is 490 g/mol. The third-order valence-electron chi connectivity index (χ3n) is 4.63. The second-order valence-corrected chi connectivity index (χ2v) is 10.7. The molecule has 3 N–H and O–H groups in total. The van der Waals surface area contributed by atoms with Gasteiger partial charge in [0.05, 0.1) is 21.2 Å². The van der Waals surface area contributed by atoms with Gasteiger partial charge in [0.15, 0.2) is 9.84 Å². The van der Waals surface area contributed by atoms with E-state index < -0.39 is 9.84 Å². The van der Waals surface area contributed by atoms with Gasteiger partial charge in [-0.25, -0.2) is 8.42 Å². The molecule has 0 fully saturated rings. The van der Waals surface area contributed by atoms with Crippen molar-refractivity contribution < 1.29 is 13.2 Å². The highest BCUT2D eigenvalue weighted by Crippen LogP contribution is 2.40. The molecule has 0 spiro atoms. The maximum Gasteiger partial charge on any atom is 0.262 e. The first-order chi connectivity index (χ1) is 14.7. The van der Waals surface area contributed by atoms with Crippen LogP contribution < -0.4 is 11.1 Å². The van der Waals surface area contributed by atoms with Crippen molar-refractivity contribution in [2.24, 2.45) is 0 Å². The van der Waals surface area contributed by atoms with Gasteiger partial charge < -0.3 is 11.1 Å². The van der Waals surface area contributed by atoms with Crippen molar-refractivity contribution in [2.75, 3.05) is 11.1 Å². The summed E-state index contributed by atoms with van der Waals surface area (Å²) in [5.74, 6) is -0.647. The number of amides is 1. The van der Waals surface area contributed by atoms with Crippen LogP contribution in [0.2, 0.25) is 10.0 Å². The van der Waals surface area contributed by atoms with Gasteiger partial charge in [0.2, 0.25) is 0 Å². The third-order valence-corrected chi connectivity index (χ3v) is 8.08. The molecule has 1 heterocycles. The number of rotatable bonds is 4. The minimum absolute atomic E-state index is 0.0779. The first-order valence-electron chi connectivity index (χ1n) is 9.09. The molecular formula is C22H16Cl2N2O3S2. The topological polar surface area (TPSA) is 89.3 Å². The second kappa shape index (κ2) is 8.59. The van der Waals surface area contributed by atoms with Crippen molar-refractivity contribution in [3.63, 3.8) is 0 Å². The van der Waals surface area contributed by atoms with E-state index in [9.17, 15) is 13.2 Å². The number of thioether (sulfide) groups is 1. The molecule has 0 saturated carbocycles. The van der Waals surface area contributed by atoms with E-state index >= 15 is 0 Å². The van der Waals surface area contributed by atoms with E-state index in [2.05, 4.69) is 5.32 Å². The SMILES string of the molecule is Nc1ccc(/C=C2/Sc3ccc(S(=O)(=O)Cc4c(Cl)cccc4Cl)cc3NC2=O)cc1. The molecule has 4 rings (SSSR count). The Kier molecular flexibility index (Phi) is 6.03. The zero-order valence-corrected chi connectivity index (χ0v) is 19.1. The molecule has 0 saturated heterocycles. The smallest absolute Gasteiger partial charge is 0.262 e. The van der Waals surface area contributed by atoms with E-state index in [4.69, 9.17) is 28.9 Å². The zero-order valence-electron chi connectivity index (χ0n) is 15.9. The van der Waals surface area contributed by atoms with E-state index in [-0.39, 0.29) is 26.6 Å². The van der Waals surface area contributed by atoms with Crippen LogP contribution in [0, 0.1) is 0 Å². The van der Waals surface area contributed by atoms with Gasteiger partial charge in [0.1, 0.15) is 0 Å². The Bertz CT molecular complexity index is 1300. The van der Waals surface area contributed by atoms with Crippen LogP contribution in [-0.4, -0.2) is 14.3 Å². The van der Waals surface area contributed by atoms with Gasteiger partial charge >= 0.3 is 0 Å². The molecule has 0 aromatic heterocycles. The molecule has 3 aromatic rings. The molecular weight excluding hydrogens is 475 g/mol. The lowest BCUT2D eigenvalue weighted by Crippen LogP contribution is -2.18. The molecule has 1 aliphatic rings. The lowest BCUT2D eigenvalue weighted by molar-refractivity contribution is -0.112. The van der Waals surface area contributed by atoms with Crippen molar-refractivity contribution in [1.82, 2.24) is 0 Å². The van der Waals surface area contributed by atoms with Crippen LogP contribution >= 0.6 is 35.0 Å². The van der Waals surface area contributed by atoms with Crippen LogP contribution in [0.5, 0.6) is 0 Å². The number of fused-ring (bicyclic) bond motifs is 1. The Morgan fingerprint density at radius 1 is 1.00 bits per heavy atom. The van der Waals surface area contributed by atoms with E-state index in [1.807, 2.05) is 12.1 Å². The molecule has 5 nitrogen and oxygen atoms in total. The Balaban J connectivity index is 1.62. The van der Waals surface area contributed by atoms with Crippen molar-refractivity contribution >= 4 is 68.2 Å². The molecule has 0 unspecified atom stereocenters. The van der Waals surface area contributed by atoms with Gasteiger partial charge in [-0.2, -0.15) is 0 Å². The van der Waals surface area contributed by atoms with Crippen LogP contribution in [-0.2, 0) is 20.4 Å². The number of sulfone groups is 1. The summed E-state index contributed by atoms with van der Waals surface area (Å²) in [6.07, 6.45) is 1.76. The van der Waals surface area contributed by atoms with Crippen molar-refractivity contribution in [3.8, 4) is 0 Å². The fourth-order valence-corrected chi connectivity index (χ4v) is 6.07. The van der Waals surface area contributed by atoms with Crippen LogP contribution in [0.1, 0.15) is 11.1 Å². The molecule has 9 heteroatoms. The van der Waals surface area contributed by atoms with Gasteiger partial charge in [-0.3, -0.25) is 4.79 Å². The minimum Gasteiger partial charge on any atom is -0.399 e. The highest BCUT2D eigenvalue weighted by atomic mass is 35.5. The lowest BCUT2D eigenvalue weighted by Gasteiger charge is -2.19. The fraction of sp³-hybridized carbons (Fsp3) is 0.0455. The lowest BCUT2D eigenvalue weighted by atomic mass is 10.2. The molecule has 158 valence electrons. The quantitative estimate of drug-likeness (QED) is 0.365. The van der Waals surface area contributed by atoms with Crippen molar-refractivity contribution in [2.45, 2.75) is 15.5 Å². The van der Waals surface area contributed by atoms with Crippen LogP contribution in [0.4, 0.5) is 11.4 Å². The molecule has 0 atom stereocenters. The Morgan fingerprint density at radius 2 is 1.68 bits per heavy atom. The number of nitrogens with two attached hydrogens (primary N) is 1. The summed E-state index contributed by atoms with van der Waals surface area (Å²) >= 11 is 13.5. The van der Waals surface area contributed by atoms with E-state index in [0.717, 1.165) is 10.5 Å². The number of hydrogen-bond donors (Lipinski definition) is 2. The number of carbonyl (C=O) groups excluding carboxylic acids is 1. The number of anilines is 2. The summed E-state index contributed by atoms with van der Waals surface area (Å²) in [6.45, 7) is 0. The van der Waals surface area contributed by atoms with Crippen molar-refractivity contribution in [1.29, 1.82) is 0 Å². The van der Waals surface area contributed by atoms with Crippen LogP contribution in [0.15, 0.2) is 75.4 Å². The Labute approximate surface area is 194 Å². The third kappa shape index (κ3) is 4.75. The molecule has 1 aliphatic heterocycles. The highest BCUT2D eigenvalue weighted by molar-refractivity contribution is 8.04. The Hall–Kier alpha value is -2.45. The first-order valence-corrected chi connectivity index (χ1v) is 12.3. The highest BCUT2D eigenvalue weighted by Gasteiger charge is 2.25. The van der Waals surface area contributed by atoms with E-state index in [1.165, 1.54) is 23.9 Å². The minimum atomic E-state index is -3.73. The average Bonchev–Trinajstić information content (AvgIpc) is 2.72. The summed E-state index contributed by atoms with van der Waals surface area (Å²) in [4.78, 5) is 13.9. The summed E-state index contributed by atoms with van der Waals surface area (Å²) in [5, 5.41) is 3.35. The van der Waals surface area contributed by atoms with E-state index in [1.54, 1.807) is 42.5 Å². The number of hydrogen-bond acceptors (Lipinski definition) is 5. The van der Waals surface area contributed by atoms with Crippen LogP contribution in [0.3, 0.4) is 0 Å². The second-order valence-electron chi connectivity index (χ2n) is 6.85. The van der Waals surface area contributed by atoms with Gasteiger partial charge in [-0.05, 0) is 54.1 Å². The van der Waals surface area contributed by atoms with Crippen LogP contribution in [0.25, 0.3) is 6.08 Å². The number of halogens is 2. The summed E-state index contributed by atoms with van der Waals surface area (Å²) < 4.78 is 25.9. The molecule has 0 bridgehead atoms. The standard InChI is InChI=1S/C22H16Cl2N2O3S2/c23-17-2-1-3-18(24)16(17)12-31(28,29)15-8-9-20-19(11-15)26-22(27)21(30-20)10-13-4-6-14(25)7-5-13/h1-11H,12,25H2,(H,26,27)/b21-10+. The van der Waals surface area contributed by atoms with E-state index in [0.29, 0.717) is 21.8 Å². The van der Waals surface area contributed by atoms with Gasteiger partial charge in [-0.15, -0.1) is 0 Å². The summed E-state index contributed by atoms with van der Waals surface area (Å²) in [6, 6.07) is 16.7. The summed E-state index contributed by atoms with van der Waals surface area (Å²) in [5.41, 5.74) is 7.96. The number of nitrogen functional groups attached to an aromatic ring is 1. The molecule has 31 heavy (non-hydrogen) atoms. The largest absolute Gasteiger partial charge is 0.399 e. The first kappa shape index (κ1) is 21.8. The average molecular weight is 491 g/mol. The molecule has 0 radical (unpaired) electrons. The van der Waals surface area contributed by atoms with Crippen molar-refractivity contribution in [3.05, 3.63) is 86.7 Å². The fourth-order valence-electron chi connectivity index (χ4n) is 3.02. The molecule has 1 amide bonds. The number of benzene rings is 3. The van der Waals surface area contributed by atoms with Gasteiger partial charge in [-0.1, -0.05) is 53.2 Å². The van der Waals surface area contributed by atoms with Gasteiger partial charge in [0, 0.05) is 26.2 Å².